The number of nitrogens with zero attached hydrogens (tertiary/aromatic N) is 1. The predicted molar refractivity (Wildman–Crippen MR) is 120 cm³/mol. The Morgan fingerprint density at radius 1 is 1.12 bits per heavy atom. The van der Waals surface area contributed by atoms with Crippen molar-refractivity contribution in [1.82, 2.24) is 15.3 Å². The van der Waals surface area contributed by atoms with Crippen molar-refractivity contribution in [3.63, 3.8) is 0 Å². The first-order valence-electron chi connectivity index (χ1n) is 11.2. The van der Waals surface area contributed by atoms with Gasteiger partial charge >= 0.3 is 0 Å². The summed E-state index contributed by atoms with van der Waals surface area (Å²) in [7, 11) is 0. The number of hydrogen-bond donors (Lipinski definition) is 2. The molecule has 1 aliphatic heterocycles. The van der Waals surface area contributed by atoms with Gasteiger partial charge in [0.25, 0.3) is 5.56 Å². The molecule has 7 nitrogen and oxygen atoms in total. The van der Waals surface area contributed by atoms with Crippen LogP contribution < -0.4 is 15.6 Å². The van der Waals surface area contributed by atoms with Crippen LogP contribution in [0.2, 0.25) is 0 Å². The molecular formula is C25H27N3O4. The van der Waals surface area contributed by atoms with Gasteiger partial charge in [-0.3, -0.25) is 9.59 Å². The maximum atomic E-state index is 12.7. The minimum absolute atomic E-state index is 0.0573. The minimum atomic E-state index is -0.213. The van der Waals surface area contributed by atoms with Gasteiger partial charge in [0, 0.05) is 12.0 Å². The summed E-state index contributed by atoms with van der Waals surface area (Å²) in [4.78, 5) is 32.0. The average Bonchev–Trinajstić information content (AvgIpc) is 2.79. The smallest absolute Gasteiger partial charge is 0.258 e. The highest BCUT2D eigenvalue weighted by Gasteiger charge is 2.42. The molecule has 2 aromatic carbocycles. The second-order valence-electron chi connectivity index (χ2n) is 8.73. The van der Waals surface area contributed by atoms with Crippen LogP contribution in [-0.4, -0.2) is 28.1 Å². The summed E-state index contributed by atoms with van der Waals surface area (Å²) in [6.07, 6.45) is 6.36. The van der Waals surface area contributed by atoms with Crippen LogP contribution in [0.4, 0.5) is 0 Å². The van der Waals surface area contributed by atoms with Crippen molar-refractivity contribution in [1.29, 1.82) is 0 Å². The molecule has 1 saturated carbocycles. The van der Waals surface area contributed by atoms with Crippen LogP contribution in [-0.2, 0) is 16.1 Å². The molecule has 2 heterocycles. The van der Waals surface area contributed by atoms with Crippen LogP contribution in [0, 0.1) is 0 Å². The number of ether oxygens (including phenoxy) is 2. The Morgan fingerprint density at radius 2 is 1.91 bits per heavy atom. The van der Waals surface area contributed by atoms with Crippen LogP contribution >= 0.6 is 0 Å². The molecule has 1 fully saturated rings. The van der Waals surface area contributed by atoms with E-state index >= 15 is 0 Å². The molecular weight excluding hydrogens is 406 g/mol. The highest BCUT2D eigenvalue weighted by molar-refractivity contribution is 5.78. The van der Waals surface area contributed by atoms with Gasteiger partial charge in [-0.2, -0.15) is 0 Å². The highest BCUT2D eigenvalue weighted by atomic mass is 16.5. The monoisotopic (exact) mass is 433 g/mol. The molecule has 5 rings (SSSR count). The van der Waals surface area contributed by atoms with Gasteiger partial charge < -0.3 is 19.8 Å². The Labute approximate surface area is 186 Å². The number of benzene rings is 2. The first-order chi connectivity index (χ1) is 15.6. The van der Waals surface area contributed by atoms with Gasteiger partial charge in [-0.1, -0.05) is 36.8 Å². The average molecular weight is 434 g/mol. The number of carbonyl (C=O) groups is 1. The van der Waals surface area contributed by atoms with Gasteiger partial charge in [0.2, 0.25) is 5.91 Å². The predicted octanol–water partition coefficient (Wildman–Crippen LogP) is 3.78. The van der Waals surface area contributed by atoms with E-state index in [1.807, 2.05) is 30.3 Å². The van der Waals surface area contributed by atoms with Gasteiger partial charge in [-0.25, -0.2) is 4.98 Å². The SMILES string of the molecule is O=C(COCc1nc2ccccc2c(=O)[nH]1)N[C@H]1CC2(CCCCC2)Oc2ccccc21. The van der Waals surface area contributed by atoms with Crippen molar-refractivity contribution in [3.8, 4) is 5.75 Å². The fourth-order valence-electron chi connectivity index (χ4n) is 4.93. The van der Waals surface area contributed by atoms with E-state index in [2.05, 4.69) is 15.3 Å². The van der Waals surface area contributed by atoms with Crippen LogP contribution in [0.25, 0.3) is 10.9 Å². The van der Waals surface area contributed by atoms with Crippen LogP contribution in [0.1, 0.15) is 56.0 Å². The van der Waals surface area contributed by atoms with E-state index in [0.29, 0.717) is 16.7 Å². The van der Waals surface area contributed by atoms with Crippen LogP contribution in [0.5, 0.6) is 5.75 Å². The Bertz CT molecular complexity index is 1180. The first-order valence-corrected chi connectivity index (χ1v) is 11.2. The molecule has 1 spiro atoms. The molecule has 2 aliphatic rings. The van der Waals surface area contributed by atoms with Crippen molar-refractivity contribution >= 4 is 16.8 Å². The van der Waals surface area contributed by atoms with Gasteiger partial charge in [0.05, 0.1) is 16.9 Å². The number of amides is 1. The summed E-state index contributed by atoms with van der Waals surface area (Å²) < 4.78 is 12.0. The van der Waals surface area contributed by atoms with Gasteiger partial charge in [0.1, 0.15) is 30.4 Å². The van der Waals surface area contributed by atoms with E-state index in [-0.39, 0.29) is 36.3 Å². The van der Waals surface area contributed by atoms with Crippen molar-refractivity contribution in [2.45, 2.75) is 56.8 Å². The number of rotatable bonds is 5. The molecule has 3 aromatic rings. The fraction of sp³-hybridized carbons (Fsp3) is 0.400. The second kappa shape index (κ2) is 8.74. The second-order valence-corrected chi connectivity index (χ2v) is 8.73. The highest BCUT2D eigenvalue weighted by Crippen LogP contribution is 2.45. The van der Waals surface area contributed by atoms with Crippen molar-refractivity contribution in [3.05, 3.63) is 70.3 Å². The molecule has 0 bridgehead atoms. The Balaban J connectivity index is 1.23. The molecule has 2 N–H and O–H groups in total. The Hall–Kier alpha value is -3.19. The fourth-order valence-corrected chi connectivity index (χ4v) is 4.93. The van der Waals surface area contributed by atoms with E-state index in [1.54, 1.807) is 18.2 Å². The van der Waals surface area contributed by atoms with Gasteiger partial charge in [0.15, 0.2) is 0 Å². The number of para-hydroxylation sites is 2. The maximum absolute atomic E-state index is 12.7. The van der Waals surface area contributed by atoms with Crippen molar-refractivity contribution < 1.29 is 14.3 Å². The van der Waals surface area contributed by atoms with Gasteiger partial charge in [-0.15, -0.1) is 0 Å². The lowest BCUT2D eigenvalue weighted by Gasteiger charge is -2.44. The first kappa shape index (κ1) is 20.7. The summed E-state index contributed by atoms with van der Waals surface area (Å²) >= 11 is 0. The maximum Gasteiger partial charge on any atom is 0.258 e. The summed E-state index contributed by atoms with van der Waals surface area (Å²) in [6.45, 7) is -0.0507. The normalized spacial score (nSPS) is 19.3. The molecule has 166 valence electrons. The molecule has 7 heteroatoms. The topological polar surface area (TPSA) is 93.3 Å². The summed E-state index contributed by atoms with van der Waals surface area (Å²) in [5.74, 6) is 1.07. The van der Waals surface area contributed by atoms with Gasteiger partial charge in [-0.05, 0) is 43.9 Å². The number of nitrogens with one attached hydrogen (secondary N) is 2. The number of hydrogen-bond acceptors (Lipinski definition) is 5. The third-order valence-electron chi connectivity index (χ3n) is 6.43. The molecule has 0 unspecified atom stereocenters. The van der Waals surface area contributed by atoms with Crippen molar-refractivity contribution in [2.24, 2.45) is 0 Å². The Kier molecular flexibility index (Phi) is 5.66. The summed E-state index contributed by atoms with van der Waals surface area (Å²) in [5, 5.41) is 3.67. The number of aromatic amines is 1. The van der Waals surface area contributed by atoms with E-state index in [0.717, 1.165) is 43.4 Å². The molecule has 1 aliphatic carbocycles. The van der Waals surface area contributed by atoms with E-state index < -0.39 is 0 Å². The third kappa shape index (κ3) is 4.25. The molecule has 1 amide bonds. The lowest BCUT2D eigenvalue weighted by atomic mass is 9.77. The number of aromatic nitrogens is 2. The van der Waals surface area contributed by atoms with E-state index in [1.165, 1.54) is 6.42 Å². The molecule has 1 aromatic heterocycles. The van der Waals surface area contributed by atoms with E-state index in [9.17, 15) is 9.59 Å². The minimum Gasteiger partial charge on any atom is -0.487 e. The quantitative estimate of drug-likeness (QED) is 0.639. The van der Waals surface area contributed by atoms with E-state index in [4.69, 9.17) is 9.47 Å². The summed E-state index contributed by atoms with van der Waals surface area (Å²) in [6, 6.07) is 15.0. The number of H-pyrrole nitrogens is 1. The van der Waals surface area contributed by atoms with Crippen LogP contribution in [0.15, 0.2) is 53.3 Å². The van der Waals surface area contributed by atoms with Crippen molar-refractivity contribution in [2.75, 3.05) is 6.61 Å². The molecule has 1 atom stereocenters. The number of carbonyl (C=O) groups excluding carboxylic acids is 1. The Morgan fingerprint density at radius 3 is 2.78 bits per heavy atom. The van der Waals surface area contributed by atoms with Crippen LogP contribution in [0.3, 0.4) is 0 Å². The molecule has 32 heavy (non-hydrogen) atoms. The zero-order valence-electron chi connectivity index (χ0n) is 17.9. The largest absolute Gasteiger partial charge is 0.487 e. The lowest BCUT2D eigenvalue weighted by molar-refractivity contribution is -0.127. The third-order valence-corrected chi connectivity index (χ3v) is 6.43. The molecule has 0 radical (unpaired) electrons. The summed E-state index contributed by atoms with van der Waals surface area (Å²) in [5.41, 5.74) is 1.21. The lowest BCUT2D eigenvalue weighted by Crippen LogP contribution is -2.47. The number of fused-ring (bicyclic) bond motifs is 2. The zero-order valence-corrected chi connectivity index (χ0v) is 17.9. The standard InChI is InChI=1S/C25H27N3O4/c29-23(16-31-15-22-26-19-10-4-2-9-18(19)24(30)28-22)27-20-14-25(12-6-1-7-13-25)32-21-11-5-3-8-17(20)21/h2-5,8-11,20H,1,6-7,12-16H2,(H,27,29)(H,26,28,30)/t20-/m0/s1. The molecule has 0 saturated heterocycles. The zero-order chi connectivity index (χ0) is 22.0.